The molecule has 2 atom stereocenters. The lowest BCUT2D eigenvalue weighted by Crippen LogP contribution is -2.57. The Labute approximate surface area is 240 Å². The van der Waals surface area contributed by atoms with Gasteiger partial charge >= 0.3 is 0 Å². The van der Waals surface area contributed by atoms with Gasteiger partial charge in [-0.2, -0.15) is 0 Å². The second kappa shape index (κ2) is 13.2. The Bertz CT molecular complexity index is 1410. The van der Waals surface area contributed by atoms with Gasteiger partial charge in [-0.15, -0.1) is 0 Å². The van der Waals surface area contributed by atoms with Crippen molar-refractivity contribution in [2.75, 3.05) is 42.1 Å². The minimum absolute atomic E-state index is 0.197. The van der Waals surface area contributed by atoms with Crippen LogP contribution >= 0.6 is 11.6 Å². The van der Waals surface area contributed by atoms with E-state index in [1.807, 2.05) is 59.5 Å². The molecule has 40 heavy (non-hydrogen) atoms. The van der Waals surface area contributed by atoms with Gasteiger partial charge in [-0.05, 0) is 41.8 Å². The van der Waals surface area contributed by atoms with Gasteiger partial charge in [0, 0.05) is 37.6 Å². The van der Waals surface area contributed by atoms with Gasteiger partial charge in [0.2, 0.25) is 21.8 Å². The summed E-state index contributed by atoms with van der Waals surface area (Å²) in [5.74, 6) is -0.590. The summed E-state index contributed by atoms with van der Waals surface area (Å²) >= 11 is 6.04. The zero-order valence-corrected chi connectivity index (χ0v) is 23.9. The first kappa shape index (κ1) is 29.4. The fourth-order valence-corrected chi connectivity index (χ4v) is 5.42. The average Bonchev–Trinajstić information content (AvgIpc) is 2.93. The van der Waals surface area contributed by atoms with Crippen LogP contribution in [0.5, 0.6) is 0 Å². The molecule has 0 unspecified atom stereocenters. The summed E-state index contributed by atoms with van der Waals surface area (Å²) in [5.41, 5.74) is 9.26. The van der Waals surface area contributed by atoms with E-state index in [1.54, 1.807) is 29.2 Å². The number of para-hydroxylation sites is 2. The monoisotopic (exact) mass is 583 g/mol. The molecule has 1 aliphatic heterocycles. The molecule has 0 radical (unpaired) electrons. The summed E-state index contributed by atoms with van der Waals surface area (Å²) in [6.07, 6.45) is 1.76. The Morgan fingerprint density at radius 1 is 0.875 bits per heavy atom. The average molecular weight is 584 g/mol. The number of piperazine rings is 1. The molecule has 1 aliphatic rings. The zero-order chi connectivity index (χ0) is 28.7. The zero-order valence-electron chi connectivity index (χ0n) is 22.3. The van der Waals surface area contributed by atoms with Gasteiger partial charge in [0.1, 0.15) is 6.04 Å². The molecule has 9 nitrogen and oxygen atoms in total. The molecule has 1 heterocycles. The first-order valence-corrected chi connectivity index (χ1v) is 15.3. The van der Waals surface area contributed by atoms with E-state index in [0.717, 1.165) is 23.1 Å². The summed E-state index contributed by atoms with van der Waals surface area (Å²) < 4.78 is 26.2. The molecule has 3 aromatic rings. The number of anilines is 2. The minimum Gasteiger partial charge on any atom is -0.366 e. The van der Waals surface area contributed by atoms with E-state index in [1.165, 1.54) is 0 Å². The van der Waals surface area contributed by atoms with Crippen LogP contribution in [0.1, 0.15) is 11.1 Å². The summed E-state index contributed by atoms with van der Waals surface area (Å²) in [4.78, 5) is 30.6. The van der Waals surface area contributed by atoms with E-state index in [4.69, 9.17) is 17.3 Å². The molecule has 4 rings (SSSR count). The van der Waals surface area contributed by atoms with E-state index in [-0.39, 0.29) is 5.91 Å². The van der Waals surface area contributed by atoms with Crippen LogP contribution in [-0.4, -0.2) is 69.7 Å². The number of amides is 2. The van der Waals surface area contributed by atoms with Gasteiger partial charge in [-0.25, -0.2) is 8.42 Å². The van der Waals surface area contributed by atoms with E-state index < -0.39 is 28.0 Å². The van der Waals surface area contributed by atoms with Gasteiger partial charge in [0.05, 0.1) is 23.7 Å². The van der Waals surface area contributed by atoms with Crippen molar-refractivity contribution in [2.24, 2.45) is 5.73 Å². The van der Waals surface area contributed by atoms with Crippen LogP contribution in [0.25, 0.3) is 0 Å². The predicted octanol–water partition coefficient (Wildman–Crippen LogP) is 2.66. The van der Waals surface area contributed by atoms with Crippen molar-refractivity contribution in [3.63, 3.8) is 0 Å². The van der Waals surface area contributed by atoms with E-state index in [0.29, 0.717) is 49.7 Å². The van der Waals surface area contributed by atoms with Crippen molar-refractivity contribution in [1.29, 1.82) is 0 Å². The van der Waals surface area contributed by atoms with Crippen molar-refractivity contribution in [3.8, 4) is 0 Å². The first-order chi connectivity index (χ1) is 19.1. The summed E-state index contributed by atoms with van der Waals surface area (Å²) in [6.45, 7) is 1.83. The smallest absolute Gasteiger partial charge is 0.245 e. The topological polar surface area (TPSA) is 125 Å². The lowest BCUT2D eigenvalue weighted by molar-refractivity contribution is -0.137. The highest BCUT2D eigenvalue weighted by Crippen LogP contribution is 2.27. The van der Waals surface area contributed by atoms with Crippen LogP contribution in [-0.2, 0) is 32.5 Å². The number of carbonyl (C=O) groups excluding carboxylic acids is 2. The molecule has 11 heteroatoms. The van der Waals surface area contributed by atoms with Gasteiger partial charge < -0.3 is 20.9 Å². The normalized spacial score (nSPS) is 15.3. The second-order valence-corrected chi connectivity index (χ2v) is 12.1. The molecule has 3 aromatic carbocycles. The largest absolute Gasteiger partial charge is 0.366 e. The van der Waals surface area contributed by atoms with Crippen LogP contribution in [0, 0.1) is 0 Å². The first-order valence-electron chi connectivity index (χ1n) is 13.0. The molecule has 4 N–H and O–H groups in total. The second-order valence-electron chi connectivity index (χ2n) is 9.89. The molecule has 0 saturated carbocycles. The SMILES string of the molecule is CS(=O)(=O)Nc1ccccc1N1CCN(C(=O)[C@@H](Cc2ccc(Cl)cc2)NC(=O)[C@@H](N)Cc2ccccc2)CC1. The third-order valence-corrected chi connectivity index (χ3v) is 7.58. The quantitative estimate of drug-likeness (QED) is 0.337. The Kier molecular flexibility index (Phi) is 9.67. The third kappa shape index (κ3) is 8.20. The van der Waals surface area contributed by atoms with E-state index in [9.17, 15) is 18.0 Å². The number of sulfonamides is 1. The summed E-state index contributed by atoms with van der Waals surface area (Å²) in [7, 11) is -3.44. The Morgan fingerprint density at radius 2 is 1.48 bits per heavy atom. The highest BCUT2D eigenvalue weighted by Gasteiger charge is 2.31. The number of halogens is 1. The van der Waals surface area contributed by atoms with Crippen molar-refractivity contribution in [2.45, 2.75) is 24.9 Å². The maximum atomic E-state index is 13.7. The van der Waals surface area contributed by atoms with Crippen molar-refractivity contribution < 1.29 is 18.0 Å². The predicted molar refractivity (Wildman–Crippen MR) is 159 cm³/mol. The van der Waals surface area contributed by atoms with E-state index >= 15 is 0 Å². The van der Waals surface area contributed by atoms with E-state index in [2.05, 4.69) is 10.0 Å². The maximum absolute atomic E-state index is 13.7. The Balaban J connectivity index is 1.45. The summed E-state index contributed by atoms with van der Waals surface area (Å²) in [5, 5.41) is 3.48. The third-order valence-electron chi connectivity index (χ3n) is 6.73. The Morgan fingerprint density at radius 3 is 2.12 bits per heavy atom. The molecule has 212 valence electrons. The number of hydrogen-bond donors (Lipinski definition) is 3. The molecule has 0 aliphatic carbocycles. The molecule has 2 amide bonds. The number of carbonyl (C=O) groups is 2. The lowest BCUT2D eigenvalue weighted by Gasteiger charge is -2.38. The molecular formula is C29H34ClN5O4S. The van der Waals surface area contributed by atoms with Crippen LogP contribution in [0.2, 0.25) is 5.02 Å². The van der Waals surface area contributed by atoms with Crippen LogP contribution in [0.3, 0.4) is 0 Å². The number of nitrogens with zero attached hydrogens (tertiary/aromatic N) is 2. The number of nitrogens with one attached hydrogen (secondary N) is 2. The fourth-order valence-electron chi connectivity index (χ4n) is 4.72. The molecule has 0 spiro atoms. The Hall–Kier alpha value is -3.60. The summed E-state index contributed by atoms with van der Waals surface area (Å²) in [6, 6.07) is 22.2. The number of benzene rings is 3. The molecule has 1 saturated heterocycles. The standard InChI is InChI=1S/C29H34ClN5O4S/c1-40(38,39)33-25-9-5-6-10-27(25)34-15-17-35(18-16-34)29(37)26(20-22-11-13-23(30)14-12-22)32-28(36)24(31)19-21-7-3-2-4-8-21/h2-14,24,26,33H,15-20,31H2,1H3,(H,32,36)/t24-,26+/m0/s1. The van der Waals surface area contributed by atoms with Crippen LogP contribution < -0.4 is 20.7 Å². The van der Waals surface area contributed by atoms with Crippen molar-refractivity contribution >= 4 is 44.8 Å². The highest BCUT2D eigenvalue weighted by molar-refractivity contribution is 7.92. The van der Waals surface area contributed by atoms with Gasteiger partial charge in [-0.1, -0.05) is 66.2 Å². The van der Waals surface area contributed by atoms with Crippen LogP contribution in [0.4, 0.5) is 11.4 Å². The minimum atomic E-state index is -3.44. The maximum Gasteiger partial charge on any atom is 0.245 e. The molecular weight excluding hydrogens is 550 g/mol. The fraction of sp³-hybridized carbons (Fsp3) is 0.310. The number of nitrogens with two attached hydrogens (primary N) is 1. The number of hydrogen-bond acceptors (Lipinski definition) is 6. The number of rotatable bonds is 10. The molecule has 1 fully saturated rings. The van der Waals surface area contributed by atoms with Crippen LogP contribution in [0.15, 0.2) is 78.9 Å². The van der Waals surface area contributed by atoms with Gasteiger partial charge in [0.25, 0.3) is 0 Å². The molecule has 0 bridgehead atoms. The highest BCUT2D eigenvalue weighted by atomic mass is 35.5. The van der Waals surface area contributed by atoms with Gasteiger partial charge in [-0.3, -0.25) is 14.3 Å². The van der Waals surface area contributed by atoms with Crippen molar-refractivity contribution in [1.82, 2.24) is 10.2 Å². The lowest BCUT2D eigenvalue weighted by atomic mass is 10.0. The van der Waals surface area contributed by atoms with Crippen molar-refractivity contribution in [3.05, 3.63) is 95.0 Å². The van der Waals surface area contributed by atoms with Gasteiger partial charge in [0.15, 0.2) is 0 Å². The molecule has 0 aromatic heterocycles.